The largest absolute Gasteiger partial charge is 0.378 e. The predicted octanol–water partition coefficient (Wildman–Crippen LogP) is 0.981. The van der Waals surface area contributed by atoms with Gasteiger partial charge in [0, 0.05) is 20.2 Å². The van der Waals surface area contributed by atoms with Crippen LogP contribution in [0.1, 0.15) is 11.6 Å². The lowest BCUT2D eigenvalue weighted by Gasteiger charge is -1.98. The van der Waals surface area contributed by atoms with E-state index in [1.165, 1.54) is 0 Å². The van der Waals surface area contributed by atoms with Crippen LogP contribution in [0.2, 0.25) is 0 Å². The molecule has 0 amide bonds. The fourth-order valence-electron chi connectivity index (χ4n) is 1.12. The number of hydrogen-bond donors (Lipinski definition) is 0. The molecule has 0 aromatic carbocycles. The molecule has 6 nitrogen and oxygen atoms in total. The number of aryl methyl sites for hydroxylation is 1. The Bertz CT molecular complexity index is 455. The predicted molar refractivity (Wildman–Crippen MR) is 50.8 cm³/mol. The van der Waals surface area contributed by atoms with Crippen LogP contribution in [0.25, 0.3) is 11.6 Å². The summed E-state index contributed by atoms with van der Waals surface area (Å²) in [5.74, 6) is 1.33. The van der Waals surface area contributed by atoms with E-state index in [2.05, 4.69) is 20.1 Å². The third-order valence-corrected chi connectivity index (χ3v) is 1.73. The summed E-state index contributed by atoms with van der Waals surface area (Å²) in [5, 5.41) is 3.74. The number of hydrogen-bond acceptors (Lipinski definition) is 6. The van der Waals surface area contributed by atoms with Gasteiger partial charge in [-0.05, 0) is 6.07 Å². The summed E-state index contributed by atoms with van der Waals surface area (Å²) >= 11 is 0. The van der Waals surface area contributed by atoms with Crippen molar-refractivity contribution in [3.8, 4) is 11.6 Å². The fourth-order valence-corrected chi connectivity index (χ4v) is 1.12. The summed E-state index contributed by atoms with van der Waals surface area (Å²) in [7, 11) is 1.61. The molecule has 0 aliphatic rings. The van der Waals surface area contributed by atoms with Gasteiger partial charge in [-0.25, -0.2) is 9.97 Å². The van der Waals surface area contributed by atoms with E-state index in [9.17, 15) is 0 Å². The molecule has 0 bridgehead atoms. The smallest absolute Gasteiger partial charge is 0.240 e. The summed E-state index contributed by atoms with van der Waals surface area (Å²) in [4.78, 5) is 12.3. The first-order valence-corrected chi connectivity index (χ1v) is 4.41. The SMILES string of the molecule is COCc1ccnc(-c2noc(C)n2)n1. The third kappa shape index (κ3) is 2.16. The Morgan fingerprint density at radius 2 is 2.20 bits per heavy atom. The van der Waals surface area contributed by atoms with Crippen LogP contribution in [0.4, 0.5) is 0 Å². The van der Waals surface area contributed by atoms with Crippen LogP contribution in [-0.2, 0) is 11.3 Å². The van der Waals surface area contributed by atoms with Crippen molar-refractivity contribution in [1.29, 1.82) is 0 Å². The van der Waals surface area contributed by atoms with Crippen LogP contribution in [0.15, 0.2) is 16.8 Å². The van der Waals surface area contributed by atoms with Crippen molar-refractivity contribution in [3.63, 3.8) is 0 Å². The second kappa shape index (κ2) is 4.14. The molecule has 6 heteroatoms. The van der Waals surface area contributed by atoms with Crippen molar-refractivity contribution >= 4 is 0 Å². The number of nitrogens with zero attached hydrogens (tertiary/aromatic N) is 4. The van der Waals surface area contributed by atoms with Gasteiger partial charge < -0.3 is 9.26 Å². The molecule has 0 saturated carbocycles. The fraction of sp³-hybridized carbons (Fsp3) is 0.333. The number of aromatic nitrogens is 4. The quantitative estimate of drug-likeness (QED) is 0.745. The van der Waals surface area contributed by atoms with E-state index >= 15 is 0 Å². The van der Waals surface area contributed by atoms with Gasteiger partial charge in [0.2, 0.25) is 17.5 Å². The molecule has 2 aromatic heterocycles. The molecule has 78 valence electrons. The van der Waals surface area contributed by atoms with E-state index in [0.717, 1.165) is 5.69 Å². The van der Waals surface area contributed by atoms with Gasteiger partial charge in [-0.3, -0.25) is 0 Å². The highest BCUT2D eigenvalue weighted by atomic mass is 16.5. The summed E-state index contributed by atoms with van der Waals surface area (Å²) in [5.41, 5.74) is 0.782. The van der Waals surface area contributed by atoms with Crippen LogP contribution < -0.4 is 0 Å². The van der Waals surface area contributed by atoms with Crippen molar-refractivity contribution < 1.29 is 9.26 Å². The van der Waals surface area contributed by atoms with Crippen LogP contribution in [0.3, 0.4) is 0 Å². The molecule has 2 aromatic rings. The molecule has 0 spiro atoms. The Morgan fingerprint density at radius 3 is 2.87 bits per heavy atom. The van der Waals surface area contributed by atoms with Crippen LogP contribution in [0, 0.1) is 6.92 Å². The molecular weight excluding hydrogens is 196 g/mol. The lowest BCUT2D eigenvalue weighted by molar-refractivity contribution is 0.181. The van der Waals surface area contributed by atoms with Crippen molar-refractivity contribution in [2.45, 2.75) is 13.5 Å². The lowest BCUT2D eigenvalue weighted by atomic mass is 10.4. The average molecular weight is 206 g/mol. The second-order valence-corrected chi connectivity index (χ2v) is 2.94. The third-order valence-electron chi connectivity index (χ3n) is 1.73. The Hall–Kier alpha value is -1.82. The second-order valence-electron chi connectivity index (χ2n) is 2.94. The van der Waals surface area contributed by atoms with Crippen LogP contribution in [-0.4, -0.2) is 27.2 Å². The minimum absolute atomic E-state index is 0.394. The summed E-state index contributed by atoms with van der Waals surface area (Å²) < 4.78 is 9.82. The Kier molecular flexibility index (Phi) is 2.68. The molecule has 0 fully saturated rings. The van der Waals surface area contributed by atoms with E-state index in [-0.39, 0.29) is 0 Å². The molecule has 0 atom stereocenters. The van der Waals surface area contributed by atoms with E-state index in [1.54, 1.807) is 26.3 Å². The van der Waals surface area contributed by atoms with Crippen LogP contribution in [0.5, 0.6) is 0 Å². The summed E-state index contributed by atoms with van der Waals surface area (Å²) in [6.45, 7) is 2.15. The zero-order valence-corrected chi connectivity index (χ0v) is 8.47. The van der Waals surface area contributed by atoms with Gasteiger partial charge >= 0.3 is 0 Å². The topological polar surface area (TPSA) is 73.9 Å². The van der Waals surface area contributed by atoms with Gasteiger partial charge in [-0.15, -0.1) is 0 Å². The first kappa shape index (κ1) is 9.72. The molecule has 0 aliphatic heterocycles. The molecule has 0 N–H and O–H groups in total. The highest BCUT2D eigenvalue weighted by Crippen LogP contribution is 2.10. The highest BCUT2D eigenvalue weighted by Gasteiger charge is 2.08. The molecule has 0 aliphatic carbocycles. The van der Waals surface area contributed by atoms with Gasteiger partial charge in [0.25, 0.3) is 0 Å². The number of ether oxygens (including phenoxy) is 1. The molecule has 2 rings (SSSR count). The number of rotatable bonds is 3. The molecule has 2 heterocycles. The van der Waals surface area contributed by atoms with Gasteiger partial charge in [0.05, 0.1) is 12.3 Å². The van der Waals surface area contributed by atoms with Crippen molar-refractivity contribution in [3.05, 3.63) is 23.8 Å². The molecule has 0 saturated heterocycles. The number of methoxy groups -OCH3 is 1. The molecule has 0 unspecified atom stereocenters. The van der Waals surface area contributed by atoms with E-state index < -0.39 is 0 Å². The molecule has 0 radical (unpaired) electrons. The normalized spacial score (nSPS) is 10.5. The highest BCUT2D eigenvalue weighted by molar-refractivity contribution is 5.41. The zero-order valence-electron chi connectivity index (χ0n) is 8.47. The van der Waals surface area contributed by atoms with Gasteiger partial charge in [-0.1, -0.05) is 5.16 Å². The molecular formula is C9H10N4O2. The maximum Gasteiger partial charge on any atom is 0.240 e. The van der Waals surface area contributed by atoms with Gasteiger partial charge in [-0.2, -0.15) is 4.98 Å². The maximum absolute atomic E-state index is 4.97. The van der Waals surface area contributed by atoms with Crippen molar-refractivity contribution in [2.24, 2.45) is 0 Å². The first-order chi connectivity index (χ1) is 7.29. The van der Waals surface area contributed by atoms with Gasteiger partial charge in [0.15, 0.2) is 0 Å². The summed E-state index contributed by atoms with van der Waals surface area (Å²) in [6, 6.07) is 1.78. The van der Waals surface area contributed by atoms with Gasteiger partial charge in [0.1, 0.15) is 0 Å². The standard InChI is InChI=1S/C9H10N4O2/c1-6-11-9(13-15-6)8-10-4-3-7(12-8)5-14-2/h3-4H,5H2,1-2H3. The zero-order chi connectivity index (χ0) is 10.7. The minimum Gasteiger partial charge on any atom is -0.378 e. The lowest BCUT2D eigenvalue weighted by Crippen LogP contribution is -1.97. The Balaban J connectivity index is 2.32. The van der Waals surface area contributed by atoms with Crippen LogP contribution >= 0.6 is 0 Å². The minimum atomic E-state index is 0.394. The first-order valence-electron chi connectivity index (χ1n) is 4.41. The Labute approximate surface area is 86.3 Å². The van der Waals surface area contributed by atoms with E-state index in [4.69, 9.17) is 9.26 Å². The summed E-state index contributed by atoms with van der Waals surface area (Å²) in [6.07, 6.45) is 1.64. The van der Waals surface area contributed by atoms with E-state index in [0.29, 0.717) is 24.1 Å². The van der Waals surface area contributed by atoms with E-state index in [1.807, 2.05) is 0 Å². The van der Waals surface area contributed by atoms with Crippen molar-refractivity contribution in [2.75, 3.05) is 7.11 Å². The monoisotopic (exact) mass is 206 g/mol. The van der Waals surface area contributed by atoms with Crippen molar-refractivity contribution in [1.82, 2.24) is 20.1 Å². The maximum atomic E-state index is 4.97. The molecule has 15 heavy (non-hydrogen) atoms. The average Bonchev–Trinajstić information content (AvgIpc) is 2.66. The Morgan fingerprint density at radius 1 is 1.33 bits per heavy atom.